The molecule has 1 aliphatic rings. The van der Waals surface area contributed by atoms with Gasteiger partial charge in [0.15, 0.2) is 5.82 Å². The van der Waals surface area contributed by atoms with Crippen LogP contribution < -0.4 is 11.5 Å². The van der Waals surface area contributed by atoms with Gasteiger partial charge in [0.1, 0.15) is 10.9 Å². The van der Waals surface area contributed by atoms with Gasteiger partial charge in [-0.1, -0.05) is 6.92 Å². The van der Waals surface area contributed by atoms with E-state index in [4.69, 9.17) is 11.5 Å². The van der Waals surface area contributed by atoms with Crippen LogP contribution in [0.2, 0.25) is 0 Å². The lowest BCUT2D eigenvalue weighted by molar-refractivity contribution is -0.121. The molecule has 1 saturated heterocycles. The van der Waals surface area contributed by atoms with E-state index in [1.165, 1.54) is 10.9 Å². The minimum absolute atomic E-state index is 0.0476. The molecular weight excluding hydrogens is 282 g/mol. The van der Waals surface area contributed by atoms with Gasteiger partial charge in [0, 0.05) is 19.3 Å². The van der Waals surface area contributed by atoms with E-state index in [1.807, 2.05) is 6.92 Å². The van der Waals surface area contributed by atoms with Crippen LogP contribution in [0.15, 0.2) is 11.1 Å². The number of amides is 1. The molecule has 4 N–H and O–H groups in total. The van der Waals surface area contributed by atoms with E-state index in [1.54, 1.807) is 0 Å². The van der Waals surface area contributed by atoms with Crippen LogP contribution in [0.5, 0.6) is 0 Å². The first-order valence-electron chi connectivity index (χ1n) is 6.52. The molecule has 1 aromatic heterocycles. The van der Waals surface area contributed by atoms with Crippen LogP contribution >= 0.6 is 0 Å². The maximum atomic E-state index is 12.6. The summed E-state index contributed by atoms with van der Waals surface area (Å²) < 4.78 is 27.8. The van der Waals surface area contributed by atoms with Crippen molar-refractivity contribution in [1.29, 1.82) is 0 Å². The van der Waals surface area contributed by atoms with E-state index in [9.17, 15) is 13.2 Å². The lowest BCUT2D eigenvalue weighted by Gasteiger charge is -2.20. The number of nitrogens with zero attached hydrogens (tertiary/aromatic N) is 3. The minimum Gasteiger partial charge on any atom is -0.381 e. The Kier molecular flexibility index (Phi) is 4.00. The third-order valence-corrected chi connectivity index (χ3v) is 5.25. The molecule has 0 aromatic carbocycles. The lowest BCUT2D eigenvalue weighted by atomic mass is 10.2. The first kappa shape index (κ1) is 14.8. The third-order valence-electron chi connectivity index (χ3n) is 3.33. The molecule has 0 saturated carbocycles. The van der Waals surface area contributed by atoms with Crippen molar-refractivity contribution in [2.75, 3.05) is 12.3 Å². The maximum absolute atomic E-state index is 12.6. The highest BCUT2D eigenvalue weighted by Crippen LogP contribution is 2.28. The predicted octanol–water partition coefficient (Wildman–Crippen LogP) is -0.486. The number of primary amides is 1. The van der Waals surface area contributed by atoms with E-state index < -0.39 is 22.0 Å². The lowest BCUT2D eigenvalue weighted by Crippen LogP contribution is -2.43. The molecule has 112 valence electrons. The van der Waals surface area contributed by atoms with Gasteiger partial charge in [-0.3, -0.25) is 9.48 Å². The molecule has 1 aliphatic heterocycles. The molecule has 1 amide bonds. The van der Waals surface area contributed by atoms with Crippen LogP contribution in [0.1, 0.15) is 26.2 Å². The van der Waals surface area contributed by atoms with Gasteiger partial charge in [0.05, 0.1) is 0 Å². The van der Waals surface area contributed by atoms with E-state index in [-0.39, 0.29) is 17.3 Å². The van der Waals surface area contributed by atoms with Crippen molar-refractivity contribution in [2.24, 2.45) is 5.73 Å². The highest BCUT2D eigenvalue weighted by Gasteiger charge is 2.40. The zero-order valence-electron chi connectivity index (χ0n) is 11.3. The fraction of sp³-hybridized carbons (Fsp3) is 0.636. The minimum atomic E-state index is -3.84. The molecular formula is C11H19N5O3S. The molecule has 9 heteroatoms. The standard InChI is InChI=1S/C11H19N5O3S/c1-2-5-15-7-9(10(12)14-15)20(18,19)16-6-3-4-8(16)11(13)17/h7-8H,2-6H2,1H3,(H2,12,14)(H2,13,17). The monoisotopic (exact) mass is 301 g/mol. The van der Waals surface area contributed by atoms with Crippen molar-refractivity contribution >= 4 is 21.7 Å². The molecule has 2 heterocycles. The summed E-state index contributed by atoms with van der Waals surface area (Å²) in [4.78, 5) is 11.3. The maximum Gasteiger partial charge on any atom is 0.249 e. The summed E-state index contributed by atoms with van der Waals surface area (Å²) in [6.45, 7) is 2.81. The molecule has 20 heavy (non-hydrogen) atoms. The second-order valence-corrected chi connectivity index (χ2v) is 6.68. The SMILES string of the molecule is CCCn1cc(S(=O)(=O)N2CCCC2C(N)=O)c(N)n1. The number of aromatic nitrogens is 2. The predicted molar refractivity (Wildman–Crippen MR) is 73.0 cm³/mol. The number of carbonyl (C=O) groups excluding carboxylic acids is 1. The van der Waals surface area contributed by atoms with Gasteiger partial charge >= 0.3 is 0 Å². The smallest absolute Gasteiger partial charge is 0.249 e. The molecule has 1 aromatic rings. The molecule has 1 atom stereocenters. The van der Waals surface area contributed by atoms with Crippen molar-refractivity contribution in [3.8, 4) is 0 Å². The van der Waals surface area contributed by atoms with Crippen LogP contribution in [-0.4, -0.2) is 41.0 Å². The quantitative estimate of drug-likeness (QED) is 0.759. The molecule has 0 spiro atoms. The van der Waals surface area contributed by atoms with E-state index >= 15 is 0 Å². The van der Waals surface area contributed by atoms with Crippen LogP contribution in [-0.2, 0) is 21.4 Å². The van der Waals surface area contributed by atoms with Crippen LogP contribution in [0.3, 0.4) is 0 Å². The number of sulfonamides is 1. The van der Waals surface area contributed by atoms with Crippen molar-refractivity contribution in [2.45, 2.75) is 43.7 Å². The highest BCUT2D eigenvalue weighted by molar-refractivity contribution is 7.89. The topological polar surface area (TPSA) is 124 Å². The van der Waals surface area contributed by atoms with Crippen molar-refractivity contribution in [1.82, 2.24) is 14.1 Å². The molecule has 0 aliphatic carbocycles. The molecule has 1 unspecified atom stereocenters. The van der Waals surface area contributed by atoms with Crippen molar-refractivity contribution in [3.05, 3.63) is 6.20 Å². The Morgan fingerprint density at radius 1 is 1.55 bits per heavy atom. The summed E-state index contributed by atoms with van der Waals surface area (Å²) in [6.07, 6.45) is 3.27. The summed E-state index contributed by atoms with van der Waals surface area (Å²) in [5, 5.41) is 3.98. The largest absolute Gasteiger partial charge is 0.381 e. The second-order valence-electron chi connectivity index (χ2n) is 4.82. The molecule has 8 nitrogen and oxygen atoms in total. The van der Waals surface area contributed by atoms with Gasteiger partial charge in [0.25, 0.3) is 0 Å². The number of hydrogen-bond donors (Lipinski definition) is 2. The first-order chi connectivity index (χ1) is 9.37. The average molecular weight is 301 g/mol. The zero-order valence-corrected chi connectivity index (χ0v) is 12.1. The van der Waals surface area contributed by atoms with Crippen LogP contribution in [0.4, 0.5) is 5.82 Å². The second kappa shape index (κ2) is 5.41. The molecule has 2 rings (SSSR count). The van der Waals surface area contributed by atoms with Crippen molar-refractivity contribution in [3.63, 3.8) is 0 Å². The Labute approximate surface area is 117 Å². The third kappa shape index (κ3) is 2.50. The number of nitrogens with two attached hydrogens (primary N) is 2. The Hall–Kier alpha value is -1.61. The zero-order chi connectivity index (χ0) is 14.9. The Morgan fingerprint density at radius 3 is 2.85 bits per heavy atom. The Balaban J connectivity index is 2.37. The Morgan fingerprint density at radius 2 is 2.25 bits per heavy atom. The van der Waals surface area contributed by atoms with Crippen LogP contribution in [0.25, 0.3) is 0 Å². The van der Waals surface area contributed by atoms with Crippen molar-refractivity contribution < 1.29 is 13.2 Å². The van der Waals surface area contributed by atoms with Gasteiger partial charge in [0.2, 0.25) is 15.9 Å². The van der Waals surface area contributed by atoms with Crippen LogP contribution in [0, 0.1) is 0 Å². The number of hydrogen-bond acceptors (Lipinski definition) is 5. The summed E-state index contributed by atoms with van der Waals surface area (Å²) >= 11 is 0. The highest BCUT2D eigenvalue weighted by atomic mass is 32.2. The van der Waals surface area contributed by atoms with E-state index in [0.717, 1.165) is 10.7 Å². The molecule has 0 radical (unpaired) electrons. The summed E-state index contributed by atoms with van der Waals surface area (Å²) in [7, 11) is -3.84. The number of aryl methyl sites for hydroxylation is 1. The number of anilines is 1. The summed E-state index contributed by atoms with van der Waals surface area (Å²) in [5.41, 5.74) is 10.9. The molecule has 1 fully saturated rings. The first-order valence-corrected chi connectivity index (χ1v) is 7.96. The Bertz CT molecular complexity index is 610. The fourth-order valence-corrected chi connectivity index (χ4v) is 4.13. The fourth-order valence-electron chi connectivity index (χ4n) is 2.40. The van der Waals surface area contributed by atoms with Gasteiger partial charge in [-0.25, -0.2) is 8.42 Å². The van der Waals surface area contributed by atoms with Gasteiger partial charge < -0.3 is 11.5 Å². The van der Waals surface area contributed by atoms with E-state index in [2.05, 4.69) is 5.10 Å². The number of nitrogen functional groups attached to an aromatic ring is 1. The van der Waals surface area contributed by atoms with Gasteiger partial charge in [-0.2, -0.15) is 9.40 Å². The number of rotatable bonds is 5. The average Bonchev–Trinajstić information content (AvgIpc) is 2.96. The van der Waals surface area contributed by atoms with Gasteiger partial charge in [-0.05, 0) is 19.3 Å². The normalized spacial score (nSPS) is 20.4. The summed E-state index contributed by atoms with van der Waals surface area (Å²) in [6, 6.07) is -0.797. The summed E-state index contributed by atoms with van der Waals surface area (Å²) in [5.74, 6) is -0.681. The molecule has 0 bridgehead atoms. The van der Waals surface area contributed by atoms with Gasteiger partial charge in [-0.15, -0.1) is 0 Å². The van der Waals surface area contributed by atoms with E-state index in [0.29, 0.717) is 19.4 Å². The number of carbonyl (C=O) groups is 1.